The molecule has 0 heterocycles. The molecule has 0 aromatic rings. The van der Waals surface area contributed by atoms with Gasteiger partial charge in [0.15, 0.2) is 0 Å². The van der Waals surface area contributed by atoms with Crippen LogP contribution in [0.25, 0.3) is 0 Å². The van der Waals surface area contributed by atoms with Crippen molar-refractivity contribution in [2.24, 2.45) is 0 Å². The second-order valence-corrected chi connectivity index (χ2v) is 9.87. The normalized spacial score (nSPS) is 11.3. The number of phosphoric ester groups is 1. The molecular weight excluding hydrogens is 370 g/mol. The van der Waals surface area contributed by atoms with Gasteiger partial charge in [-0.15, -0.1) is 0 Å². The molecule has 0 amide bonds. The van der Waals surface area contributed by atoms with Gasteiger partial charge in [0.1, 0.15) is 0 Å². The van der Waals surface area contributed by atoms with Crippen LogP contribution in [0.4, 0.5) is 0 Å². The molecule has 0 saturated carbocycles. The third kappa shape index (κ3) is 35.0. The van der Waals surface area contributed by atoms with Crippen molar-refractivity contribution in [2.45, 2.75) is 127 Å². The van der Waals surface area contributed by atoms with Crippen LogP contribution in [0.2, 0.25) is 3.67 Å². The van der Waals surface area contributed by atoms with E-state index >= 15 is 0 Å². The minimum atomic E-state index is -4.26. The monoisotopic (exact) mass is 416 g/mol. The van der Waals surface area contributed by atoms with E-state index < -0.39 is 7.82 Å². The zero-order chi connectivity index (χ0) is 20.6. The fraction of sp³-hybridized carbons (Fsp3) is 1.00. The summed E-state index contributed by atoms with van der Waals surface area (Å²) in [5.41, 5.74) is 0. The molecule has 0 fully saturated rings. The van der Waals surface area contributed by atoms with E-state index in [0.29, 0.717) is 0 Å². The van der Waals surface area contributed by atoms with Gasteiger partial charge in [0.2, 0.25) is 0 Å². The molecule has 0 spiro atoms. The summed E-state index contributed by atoms with van der Waals surface area (Å²) in [4.78, 5) is 17.1. The third-order valence-corrected chi connectivity index (χ3v) is 6.28. The molecule has 0 aliphatic carbocycles. The zero-order valence-electron chi connectivity index (χ0n) is 18.6. The Bertz CT molecular complexity index is 309. The Morgan fingerprint density at radius 2 is 0.926 bits per heavy atom. The van der Waals surface area contributed by atoms with Crippen LogP contribution >= 0.6 is 7.82 Å². The summed E-state index contributed by atoms with van der Waals surface area (Å²) >= 11 is 1.39. The number of unbranched alkanes of at least 4 members (excludes halogenated alkanes) is 15. The molecule has 6 heteroatoms. The van der Waals surface area contributed by atoms with E-state index in [1.165, 1.54) is 121 Å². The number of hydrogen-bond acceptors (Lipinski definition) is 2. The molecule has 4 nitrogen and oxygen atoms in total. The first-order chi connectivity index (χ1) is 13.0. The summed E-state index contributed by atoms with van der Waals surface area (Å²) in [6.45, 7) is 4.65. The van der Waals surface area contributed by atoms with Gasteiger partial charge in [-0.2, -0.15) is 0 Å². The standard InChI is InChI=1S/C18H39O4P.C3H7.Na/c1-2-3-4-5-6-7-8-9-10-11-12-13-14-15-16-17-18-22-23(19,20)21;1-3-2;/h2-18H2,1H3,(H2,19,20,21);1,3H2,2H3;. The predicted molar refractivity (Wildman–Crippen MR) is 118 cm³/mol. The second-order valence-electron chi connectivity index (χ2n) is 7.63. The minimum absolute atomic E-state index is 0.169. The van der Waals surface area contributed by atoms with Gasteiger partial charge in [0, 0.05) is 0 Å². The Kier molecular flexibility index (Phi) is 28.2. The van der Waals surface area contributed by atoms with Crippen molar-refractivity contribution >= 4 is 35.8 Å². The molecule has 0 aliphatic heterocycles. The van der Waals surface area contributed by atoms with Crippen molar-refractivity contribution in [3.63, 3.8) is 0 Å². The molecule has 0 rings (SSSR count). The zero-order valence-corrected chi connectivity index (χ0v) is 21.5. The third-order valence-electron chi connectivity index (χ3n) is 4.76. The molecule has 0 unspecified atom stereocenters. The fourth-order valence-electron chi connectivity index (χ4n) is 2.83. The van der Waals surface area contributed by atoms with Crippen molar-refractivity contribution in [1.82, 2.24) is 0 Å². The van der Waals surface area contributed by atoms with Crippen LogP contribution < -0.4 is 0 Å². The quantitative estimate of drug-likeness (QED) is 0.131. The average Bonchev–Trinajstić information content (AvgIpc) is 2.63. The molecule has 0 atom stereocenters. The van der Waals surface area contributed by atoms with Crippen LogP contribution in [0.1, 0.15) is 123 Å². The first-order valence-electron chi connectivity index (χ1n) is 11.7. The van der Waals surface area contributed by atoms with Crippen LogP contribution in [0, 0.1) is 0 Å². The summed E-state index contributed by atoms with van der Waals surface area (Å²) in [5, 5.41) is 0. The van der Waals surface area contributed by atoms with Gasteiger partial charge in [-0.3, -0.25) is 4.52 Å². The Balaban J connectivity index is 0. The van der Waals surface area contributed by atoms with Crippen LogP contribution in [0.3, 0.4) is 0 Å². The van der Waals surface area contributed by atoms with Crippen molar-refractivity contribution in [1.29, 1.82) is 0 Å². The topological polar surface area (TPSA) is 66.8 Å². The van der Waals surface area contributed by atoms with Crippen molar-refractivity contribution < 1.29 is 18.9 Å². The van der Waals surface area contributed by atoms with Crippen molar-refractivity contribution in [2.75, 3.05) is 6.61 Å². The number of hydrogen-bond donors (Lipinski definition) is 2. The summed E-state index contributed by atoms with van der Waals surface area (Å²) in [5.74, 6) is 0. The number of phosphoric acid groups is 1. The Morgan fingerprint density at radius 1 is 0.630 bits per heavy atom. The van der Waals surface area contributed by atoms with Gasteiger partial charge in [-0.05, 0) is 6.42 Å². The summed E-state index contributed by atoms with van der Waals surface area (Å²) in [6, 6.07) is 0. The van der Waals surface area contributed by atoms with Gasteiger partial charge in [-0.1, -0.05) is 103 Å². The van der Waals surface area contributed by atoms with Gasteiger partial charge in [0.05, 0.1) is 6.61 Å². The molecule has 160 valence electrons. The Morgan fingerprint density at radius 3 is 1.19 bits per heavy atom. The van der Waals surface area contributed by atoms with E-state index in [4.69, 9.17) is 9.79 Å². The van der Waals surface area contributed by atoms with Crippen LogP contribution in [-0.4, -0.2) is 44.3 Å². The average molecular weight is 417 g/mol. The molecule has 0 aliphatic rings. The molecule has 2 N–H and O–H groups in total. The van der Waals surface area contributed by atoms with E-state index in [1.54, 1.807) is 0 Å². The Labute approximate surface area is 187 Å². The number of rotatable bonds is 19. The van der Waals surface area contributed by atoms with E-state index in [2.05, 4.69) is 18.4 Å². The van der Waals surface area contributed by atoms with E-state index in [0.717, 1.165) is 19.3 Å². The van der Waals surface area contributed by atoms with Crippen LogP contribution in [0.5, 0.6) is 0 Å². The molecule has 0 aromatic carbocycles. The summed E-state index contributed by atoms with van der Waals surface area (Å²) in [7, 11) is -4.26. The first-order valence-corrected chi connectivity index (χ1v) is 14.6. The van der Waals surface area contributed by atoms with Gasteiger partial charge in [0.25, 0.3) is 0 Å². The van der Waals surface area contributed by atoms with Crippen LogP contribution in [0.15, 0.2) is 0 Å². The van der Waals surface area contributed by atoms with E-state index in [-0.39, 0.29) is 6.61 Å². The van der Waals surface area contributed by atoms with Gasteiger partial charge in [-0.25, -0.2) is 4.57 Å². The molecule has 0 aromatic heterocycles. The van der Waals surface area contributed by atoms with Crippen LogP contribution in [-0.2, 0) is 9.09 Å². The van der Waals surface area contributed by atoms with E-state index in [1.807, 2.05) is 0 Å². The van der Waals surface area contributed by atoms with Crippen molar-refractivity contribution in [3.8, 4) is 0 Å². The summed E-state index contributed by atoms with van der Waals surface area (Å²) < 4.78 is 16.3. The molecule has 0 radical (unpaired) electrons. The SMILES string of the molecule is CCCCCCCCCCCCCCCCCCOP(=O)(O)O.CC[CH2][Na]. The second kappa shape index (κ2) is 25.1. The van der Waals surface area contributed by atoms with Crippen molar-refractivity contribution in [3.05, 3.63) is 0 Å². The molecule has 27 heavy (non-hydrogen) atoms. The first kappa shape index (κ1) is 30.3. The summed E-state index contributed by atoms with van der Waals surface area (Å²) in [6.07, 6.45) is 22.1. The molecule has 0 bridgehead atoms. The molecule has 0 saturated heterocycles. The van der Waals surface area contributed by atoms with E-state index in [9.17, 15) is 4.57 Å². The maximum atomic E-state index is 10.5. The fourth-order valence-corrected chi connectivity index (χ4v) is 3.20. The van der Waals surface area contributed by atoms with Gasteiger partial charge < -0.3 is 9.79 Å². The Hall–Kier alpha value is 1.11. The predicted octanol–water partition coefficient (Wildman–Crippen LogP) is 7.34. The molecular formula is C21H46NaO4P. The maximum absolute atomic E-state index is 10.5. The van der Waals surface area contributed by atoms with Gasteiger partial charge >= 0.3 is 52.8 Å².